The van der Waals surface area contributed by atoms with E-state index in [0.29, 0.717) is 11.3 Å². The molecule has 1 aromatic carbocycles. The van der Waals surface area contributed by atoms with E-state index in [4.69, 9.17) is 0 Å². The van der Waals surface area contributed by atoms with Gasteiger partial charge in [-0.25, -0.2) is 9.37 Å². The molecule has 0 amide bonds. The maximum absolute atomic E-state index is 13.3. The van der Waals surface area contributed by atoms with E-state index >= 15 is 0 Å². The average molecular weight is 359 g/mol. The fourth-order valence-electron chi connectivity index (χ4n) is 2.02. The van der Waals surface area contributed by atoms with Crippen LogP contribution in [0.4, 0.5) is 17.6 Å². The van der Waals surface area contributed by atoms with Crippen molar-refractivity contribution in [3.8, 4) is 11.3 Å². The number of alkyl halides is 3. The lowest BCUT2D eigenvalue weighted by Crippen LogP contribution is -2.08. The Bertz CT molecular complexity index is 823. The van der Waals surface area contributed by atoms with E-state index < -0.39 is 17.6 Å². The Morgan fingerprint density at radius 3 is 2.57 bits per heavy atom. The first-order chi connectivity index (χ1) is 9.86. The predicted octanol–water partition coefficient (Wildman–Crippen LogP) is 4.92. The highest BCUT2D eigenvalue weighted by molar-refractivity contribution is 9.10. The first-order valence-corrected chi connectivity index (χ1v) is 6.66. The number of nitrogens with zero attached hydrogens (tertiary/aromatic N) is 2. The summed E-state index contributed by atoms with van der Waals surface area (Å²) in [4.78, 5) is 4.26. The first kappa shape index (κ1) is 14.1. The van der Waals surface area contributed by atoms with Crippen molar-refractivity contribution in [2.75, 3.05) is 0 Å². The minimum Gasteiger partial charge on any atom is -0.306 e. The van der Waals surface area contributed by atoms with Crippen LogP contribution in [0.2, 0.25) is 0 Å². The number of hydrogen-bond donors (Lipinski definition) is 0. The Morgan fingerprint density at radius 1 is 1.14 bits per heavy atom. The number of hydrogen-bond acceptors (Lipinski definition) is 1. The molecule has 2 aromatic heterocycles. The van der Waals surface area contributed by atoms with E-state index in [0.717, 1.165) is 16.6 Å². The molecule has 108 valence electrons. The number of rotatable bonds is 1. The molecule has 3 rings (SSSR count). The van der Waals surface area contributed by atoms with Crippen molar-refractivity contribution in [3.05, 3.63) is 58.6 Å². The van der Waals surface area contributed by atoms with Crippen LogP contribution < -0.4 is 0 Å². The standard InChI is InChI=1S/C14H7BrF4N2/c15-10-2-1-5-21-7-12(20-13(10)21)8-3-4-11(16)9(6-8)14(17,18)19/h1-7H. The average Bonchev–Trinajstić information content (AvgIpc) is 2.83. The van der Waals surface area contributed by atoms with Gasteiger partial charge in [-0.3, -0.25) is 0 Å². The summed E-state index contributed by atoms with van der Waals surface area (Å²) in [5.74, 6) is -1.30. The Morgan fingerprint density at radius 2 is 1.90 bits per heavy atom. The van der Waals surface area contributed by atoms with Crippen LogP contribution in [0.5, 0.6) is 0 Å². The molecule has 0 N–H and O–H groups in total. The van der Waals surface area contributed by atoms with Crippen LogP contribution in [0.25, 0.3) is 16.9 Å². The van der Waals surface area contributed by atoms with Crippen molar-refractivity contribution < 1.29 is 17.6 Å². The van der Waals surface area contributed by atoms with Gasteiger partial charge in [-0.05, 0) is 46.3 Å². The van der Waals surface area contributed by atoms with Crippen molar-refractivity contribution in [2.24, 2.45) is 0 Å². The summed E-state index contributed by atoms with van der Waals surface area (Å²) in [6.07, 6.45) is -1.42. The molecule has 0 aliphatic carbocycles. The van der Waals surface area contributed by atoms with Gasteiger partial charge >= 0.3 is 6.18 Å². The van der Waals surface area contributed by atoms with Crippen LogP contribution in [-0.4, -0.2) is 9.38 Å². The summed E-state index contributed by atoms with van der Waals surface area (Å²) >= 11 is 3.32. The summed E-state index contributed by atoms with van der Waals surface area (Å²) in [5.41, 5.74) is -0.173. The molecule has 7 heteroatoms. The van der Waals surface area contributed by atoms with Crippen LogP contribution in [0.3, 0.4) is 0 Å². The van der Waals surface area contributed by atoms with Gasteiger partial charge in [0, 0.05) is 18.0 Å². The maximum atomic E-state index is 13.3. The van der Waals surface area contributed by atoms with E-state index in [1.807, 2.05) is 0 Å². The highest BCUT2D eigenvalue weighted by Crippen LogP contribution is 2.34. The zero-order valence-corrected chi connectivity index (χ0v) is 11.9. The van der Waals surface area contributed by atoms with E-state index in [2.05, 4.69) is 20.9 Å². The molecule has 0 atom stereocenters. The van der Waals surface area contributed by atoms with Gasteiger partial charge in [0.25, 0.3) is 0 Å². The SMILES string of the molecule is Fc1ccc(-c2cn3cccc(Br)c3n2)cc1C(F)(F)F. The molecule has 0 saturated heterocycles. The third-order valence-electron chi connectivity index (χ3n) is 3.00. The lowest BCUT2D eigenvalue weighted by atomic mass is 10.1. The van der Waals surface area contributed by atoms with Crippen molar-refractivity contribution in [1.29, 1.82) is 0 Å². The third kappa shape index (κ3) is 2.53. The van der Waals surface area contributed by atoms with Gasteiger partial charge in [0.1, 0.15) is 5.82 Å². The van der Waals surface area contributed by atoms with Crippen LogP contribution in [0, 0.1) is 5.82 Å². The van der Waals surface area contributed by atoms with Crippen molar-refractivity contribution in [1.82, 2.24) is 9.38 Å². The van der Waals surface area contributed by atoms with E-state index in [1.165, 1.54) is 6.07 Å². The fourth-order valence-corrected chi connectivity index (χ4v) is 2.47. The maximum Gasteiger partial charge on any atom is 0.419 e. The zero-order chi connectivity index (χ0) is 15.2. The first-order valence-electron chi connectivity index (χ1n) is 5.86. The molecule has 21 heavy (non-hydrogen) atoms. The molecule has 3 aromatic rings. The smallest absolute Gasteiger partial charge is 0.306 e. The number of fused-ring (bicyclic) bond motifs is 1. The minimum atomic E-state index is -4.74. The van der Waals surface area contributed by atoms with Crippen LogP contribution in [0.15, 0.2) is 47.2 Å². The second-order valence-electron chi connectivity index (χ2n) is 4.41. The van der Waals surface area contributed by atoms with Crippen LogP contribution >= 0.6 is 15.9 Å². The summed E-state index contributed by atoms with van der Waals surface area (Å²) in [6, 6.07) is 6.40. The molecule has 2 heterocycles. The topological polar surface area (TPSA) is 17.3 Å². The molecule has 0 radical (unpaired) electrons. The fraction of sp³-hybridized carbons (Fsp3) is 0.0714. The summed E-state index contributed by atoms with van der Waals surface area (Å²) in [5, 5.41) is 0. The molecule has 0 unspecified atom stereocenters. The number of aromatic nitrogens is 2. The summed E-state index contributed by atoms with van der Waals surface area (Å²) in [7, 11) is 0. The molecular formula is C14H7BrF4N2. The Labute approximate surface area is 125 Å². The van der Waals surface area contributed by atoms with E-state index in [-0.39, 0.29) is 5.56 Å². The summed E-state index contributed by atoms with van der Waals surface area (Å²) in [6.45, 7) is 0. The number of halogens is 5. The Hall–Kier alpha value is -1.89. The monoisotopic (exact) mass is 358 g/mol. The zero-order valence-electron chi connectivity index (χ0n) is 10.3. The molecule has 0 aliphatic rings. The van der Waals surface area contributed by atoms with Gasteiger partial charge in [-0.1, -0.05) is 0 Å². The normalized spacial score (nSPS) is 12.0. The second-order valence-corrected chi connectivity index (χ2v) is 5.26. The molecule has 2 nitrogen and oxygen atoms in total. The van der Waals surface area contributed by atoms with Crippen molar-refractivity contribution >= 4 is 21.6 Å². The molecule has 0 bridgehead atoms. The van der Waals surface area contributed by atoms with Gasteiger partial charge in [-0.15, -0.1) is 0 Å². The Kier molecular flexibility index (Phi) is 3.24. The Balaban J connectivity index is 2.17. The van der Waals surface area contributed by atoms with Gasteiger partial charge in [0.2, 0.25) is 0 Å². The van der Waals surface area contributed by atoms with Crippen LogP contribution in [0.1, 0.15) is 5.56 Å². The third-order valence-corrected chi connectivity index (χ3v) is 3.62. The molecule has 0 fully saturated rings. The lowest BCUT2D eigenvalue weighted by Gasteiger charge is -2.08. The lowest BCUT2D eigenvalue weighted by molar-refractivity contribution is -0.139. The van der Waals surface area contributed by atoms with Gasteiger partial charge in [-0.2, -0.15) is 13.2 Å². The van der Waals surface area contributed by atoms with E-state index in [1.54, 1.807) is 28.9 Å². The van der Waals surface area contributed by atoms with Gasteiger partial charge < -0.3 is 4.40 Å². The molecule has 0 saturated carbocycles. The number of imidazole rings is 1. The minimum absolute atomic E-state index is 0.208. The molecule has 0 spiro atoms. The largest absolute Gasteiger partial charge is 0.419 e. The van der Waals surface area contributed by atoms with E-state index in [9.17, 15) is 17.6 Å². The van der Waals surface area contributed by atoms with Crippen molar-refractivity contribution in [3.63, 3.8) is 0 Å². The highest BCUT2D eigenvalue weighted by Gasteiger charge is 2.34. The second kappa shape index (κ2) is 4.84. The van der Waals surface area contributed by atoms with Crippen LogP contribution in [-0.2, 0) is 6.18 Å². The highest BCUT2D eigenvalue weighted by atomic mass is 79.9. The summed E-state index contributed by atoms with van der Waals surface area (Å²) < 4.78 is 53.9. The number of pyridine rings is 1. The molecular weight excluding hydrogens is 352 g/mol. The number of benzene rings is 1. The predicted molar refractivity (Wildman–Crippen MR) is 73.3 cm³/mol. The molecule has 0 aliphatic heterocycles. The van der Waals surface area contributed by atoms with Gasteiger partial charge in [0.15, 0.2) is 5.65 Å². The quantitative estimate of drug-likeness (QED) is 0.564. The van der Waals surface area contributed by atoms with Crippen molar-refractivity contribution in [2.45, 2.75) is 6.18 Å². The van der Waals surface area contributed by atoms with Gasteiger partial charge in [0.05, 0.1) is 15.7 Å².